The Morgan fingerprint density at radius 2 is 1.78 bits per heavy atom. The van der Waals surface area contributed by atoms with E-state index in [1.807, 2.05) is 0 Å². The topological polar surface area (TPSA) is 46.2 Å². The molecule has 0 aliphatic rings. The van der Waals surface area contributed by atoms with Gasteiger partial charge in [-0.15, -0.1) is 0 Å². The summed E-state index contributed by atoms with van der Waals surface area (Å²) < 4.78 is 52.9. The molecule has 0 heterocycles. The molecule has 0 saturated heterocycles. The molecule has 0 amide bonds. The largest absolute Gasteiger partial charge is 0.234 e. The lowest BCUT2D eigenvalue weighted by atomic mass is 10.1. The molecular formula is C16H14ClF2NO2S. The zero-order chi connectivity index (χ0) is 17.0. The van der Waals surface area contributed by atoms with Gasteiger partial charge in [-0.2, -0.15) is 0 Å². The predicted molar refractivity (Wildman–Crippen MR) is 87.3 cm³/mol. The van der Waals surface area contributed by atoms with E-state index in [9.17, 15) is 17.2 Å². The molecule has 0 bridgehead atoms. The molecule has 3 nitrogen and oxygen atoms in total. The van der Waals surface area contributed by atoms with Crippen molar-refractivity contribution in [3.05, 3.63) is 75.7 Å². The van der Waals surface area contributed by atoms with Gasteiger partial charge in [0.2, 0.25) is 10.0 Å². The van der Waals surface area contributed by atoms with E-state index in [2.05, 4.69) is 4.72 Å². The zero-order valence-electron chi connectivity index (χ0n) is 12.1. The first-order valence-corrected chi connectivity index (χ1v) is 8.60. The van der Waals surface area contributed by atoms with Crippen molar-refractivity contribution in [1.82, 2.24) is 4.72 Å². The van der Waals surface area contributed by atoms with Crippen molar-refractivity contribution in [2.24, 2.45) is 0 Å². The summed E-state index contributed by atoms with van der Waals surface area (Å²) in [5.41, 5.74) is 0.718. The summed E-state index contributed by atoms with van der Waals surface area (Å²) in [5, 5.41) is 1.53. The van der Waals surface area contributed by atoms with Crippen LogP contribution in [0, 0.1) is 11.6 Å². The van der Waals surface area contributed by atoms with Gasteiger partial charge in [-0.3, -0.25) is 0 Å². The highest BCUT2D eigenvalue weighted by Crippen LogP contribution is 2.19. The molecule has 1 N–H and O–H groups in total. The molecule has 0 saturated carbocycles. The summed E-state index contributed by atoms with van der Waals surface area (Å²) in [4.78, 5) is 0. The van der Waals surface area contributed by atoms with Crippen molar-refractivity contribution in [2.75, 3.05) is 0 Å². The van der Waals surface area contributed by atoms with Crippen molar-refractivity contribution in [3.63, 3.8) is 0 Å². The Balaban J connectivity index is 2.12. The summed E-state index contributed by atoms with van der Waals surface area (Å²) >= 11 is 5.75. The van der Waals surface area contributed by atoms with E-state index in [0.29, 0.717) is 16.7 Å². The Labute approximate surface area is 138 Å². The van der Waals surface area contributed by atoms with Gasteiger partial charge < -0.3 is 0 Å². The Morgan fingerprint density at radius 3 is 2.39 bits per heavy atom. The maximum Gasteiger partial charge on any atom is 0.234 e. The van der Waals surface area contributed by atoms with Crippen molar-refractivity contribution in [3.8, 4) is 0 Å². The molecule has 2 aromatic carbocycles. The highest BCUT2D eigenvalue weighted by molar-refractivity contribution is 7.92. The van der Waals surface area contributed by atoms with Gasteiger partial charge in [-0.25, -0.2) is 21.9 Å². The number of hydrogen-bond donors (Lipinski definition) is 1. The normalized spacial score (nSPS) is 13.4. The second-order valence-electron chi connectivity index (χ2n) is 4.90. The lowest BCUT2D eigenvalue weighted by Gasteiger charge is -2.13. The molecule has 23 heavy (non-hydrogen) atoms. The maximum absolute atomic E-state index is 13.7. The highest BCUT2D eigenvalue weighted by atomic mass is 35.5. The van der Waals surface area contributed by atoms with Gasteiger partial charge in [-0.1, -0.05) is 29.8 Å². The second kappa shape index (κ2) is 7.21. The number of rotatable bonds is 5. The summed E-state index contributed by atoms with van der Waals surface area (Å²) in [6.45, 7) is 1.48. The van der Waals surface area contributed by atoms with E-state index < -0.39 is 27.7 Å². The van der Waals surface area contributed by atoms with Crippen LogP contribution in [-0.4, -0.2) is 8.42 Å². The minimum Gasteiger partial charge on any atom is -0.208 e. The van der Waals surface area contributed by atoms with Gasteiger partial charge in [0.05, 0.1) is 0 Å². The molecule has 2 rings (SSSR count). The molecule has 1 atom stereocenters. The lowest BCUT2D eigenvalue weighted by Crippen LogP contribution is -2.25. The van der Waals surface area contributed by atoms with Gasteiger partial charge in [0.15, 0.2) is 0 Å². The third kappa shape index (κ3) is 5.13. The second-order valence-corrected chi connectivity index (χ2v) is 6.94. The third-order valence-corrected chi connectivity index (χ3v) is 4.51. The SMILES string of the molecule is C[C@@H](NS(=O)(=O)/C=C/c1ccc(Cl)cc1)c1ccc(F)cc1F. The van der Waals surface area contributed by atoms with Crippen LogP contribution in [0.4, 0.5) is 8.78 Å². The first-order chi connectivity index (χ1) is 10.8. The minimum absolute atomic E-state index is 0.0647. The van der Waals surface area contributed by atoms with Gasteiger partial charge in [-0.05, 0) is 36.8 Å². The van der Waals surface area contributed by atoms with Crippen LogP contribution in [-0.2, 0) is 10.0 Å². The van der Waals surface area contributed by atoms with Gasteiger partial charge in [0, 0.05) is 28.1 Å². The molecule has 0 unspecified atom stereocenters. The van der Waals surface area contributed by atoms with Crippen LogP contribution in [0.15, 0.2) is 47.9 Å². The first kappa shape index (κ1) is 17.6. The van der Waals surface area contributed by atoms with E-state index in [-0.39, 0.29) is 5.56 Å². The maximum atomic E-state index is 13.7. The molecule has 0 radical (unpaired) electrons. The molecule has 2 aromatic rings. The number of nitrogens with one attached hydrogen (secondary N) is 1. The van der Waals surface area contributed by atoms with Gasteiger partial charge in [0.1, 0.15) is 11.6 Å². The number of benzene rings is 2. The van der Waals surface area contributed by atoms with E-state index in [1.54, 1.807) is 24.3 Å². The van der Waals surface area contributed by atoms with Crippen molar-refractivity contribution >= 4 is 27.7 Å². The third-order valence-electron chi connectivity index (χ3n) is 3.08. The number of hydrogen-bond acceptors (Lipinski definition) is 2. The molecule has 0 spiro atoms. The number of halogens is 3. The van der Waals surface area contributed by atoms with E-state index in [4.69, 9.17) is 11.6 Å². The van der Waals surface area contributed by atoms with Crippen LogP contribution in [0.1, 0.15) is 24.1 Å². The van der Waals surface area contributed by atoms with E-state index in [1.165, 1.54) is 19.1 Å². The smallest absolute Gasteiger partial charge is 0.208 e. The number of sulfonamides is 1. The van der Waals surface area contributed by atoms with Crippen molar-refractivity contribution < 1.29 is 17.2 Å². The van der Waals surface area contributed by atoms with Gasteiger partial charge in [0.25, 0.3) is 0 Å². The highest BCUT2D eigenvalue weighted by Gasteiger charge is 2.16. The van der Waals surface area contributed by atoms with Crippen LogP contribution >= 0.6 is 11.6 Å². The fourth-order valence-electron chi connectivity index (χ4n) is 1.94. The van der Waals surface area contributed by atoms with E-state index >= 15 is 0 Å². The van der Waals surface area contributed by atoms with Crippen LogP contribution in [0.5, 0.6) is 0 Å². The van der Waals surface area contributed by atoms with Crippen LogP contribution < -0.4 is 4.72 Å². The first-order valence-electron chi connectivity index (χ1n) is 6.68. The Bertz CT molecular complexity index is 820. The fourth-order valence-corrected chi connectivity index (χ4v) is 3.10. The molecule has 0 aliphatic carbocycles. The molecule has 122 valence electrons. The van der Waals surface area contributed by atoms with Crippen LogP contribution in [0.3, 0.4) is 0 Å². The molecule has 0 aliphatic heterocycles. The van der Waals surface area contributed by atoms with Crippen LogP contribution in [0.25, 0.3) is 6.08 Å². The van der Waals surface area contributed by atoms with Crippen LogP contribution in [0.2, 0.25) is 5.02 Å². The Hall–Kier alpha value is -1.76. The summed E-state index contributed by atoms with van der Waals surface area (Å²) in [6.07, 6.45) is 1.40. The molecule has 0 fully saturated rings. The van der Waals surface area contributed by atoms with Gasteiger partial charge >= 0.3 is 0 Å². The average molecular weight is 358 g/mol. The van der Waals surface area contributed by atoms with Crippen molar-refractivity contribution in [2.45, 2.75) is 13.0 Å². The molecular weight excluding hydrogens is 344 g/mol. The van der Waals surface area contributed by atoms with E-state index in [0.717, 1.165) is 11.5 Å². The average Bonchev–Trinajstić information content (AvgIpc) is 2.46. The minimum atomic E-state index is -3.79. The summed E-state index contributed by atoms with van der Waals surface area (Å²) in [7, 11) is -3.79. The molecule has 0 aromatic heterocycles. The monoisotopic (exact) mass is 357 g/mol. The Morgan fingerprint density at radius 1 is 1.13 bits per heavy atom. The predicted octanol–water partition coefficient (Wildman–Crippen LogP) is 4.27. The fraction of sp³-hybridized carbons (Fsp3) is 0.125. The quantitative estimate of drug-likeness (QED) is 0.868. The molecule has 7 heteroatoms. The standard InChI is InChI=1S/C16H14ClF2NO2S/c1-11(15-7-6-14(18)10-16(15)19)20-23(21,22)9-8-12-2-4-13(17)5-3-12/h2-11,20H,1H3/b9-8+/t11-/m1/s1. The lowest BCUT2D eigenvalue weighted by molar-refractivity contribution is 0.544. The summed E-state index contributed by atoms with van der Waals surface area (Å²) in [6, 6.07) is 8.76. The summed E-state index contributed by atoms with van der Waals surface area (Å²) in [5.74, 6) is -1.52. The zero-order valence-corrected chi connectivity index (χ0v) is 13.7. The Kier molecular flexibility index (Phi) is 5.51. The van der Waals surface area contributed by atoms with Crippen molar-refractivity contribution in [1.29, 1.82) is 0 Å².